The highest BCUT2D eigenvalue weighted by atomic mass is 19.1. The van der Waals surface area contributed by atoms with Gasteiger partial charge in [-0.2, -0.15) is 0 Å². The molecule has 2 nitrogen and oxygen atoms in total. The van der Waals surface area contributed by atoms with Crippen molar-refractivity contribution in [3.05, 3.63) is 35.4 Å². The molecule has 2 N–H and O–H groups in total. The number of nitrogens with zero attached hydrogens (tertiary/aromatic N) is 1. The van der Waals surface area contributed by atoms with Gasteiger partial charge in [0.25, 0.3) is 0 Å². The Hall–Kier alpha value is -0.930. The molecule has 2 unspecified atom stereocenters. The van der Waals surface area contributed by atoms with E-state index in [2.05, 4.69) is 24.1 Å². The molecule has 0 amide bonds. The summed E-state index contributed by atoms with van der Waals surface area (Å²) in [5.41, 5.74) is 6.99. The highest BCUT2D eigenvalue weighted by Gasteiger charge is 2.29. The largest absolute Gasteiger partial charge is 0.330 e. The van der Waals surface area contributed by atoms with Crippen LogP contribution in [-0.2, 0) is 6.42 Å². The molecule has 2 atom stereocenters. The van der Waals surface area contributed by atoms with Crippen molar-refractivity contribution in [2.45, 2.75) is 38.4 Å². The number of likely N-dealkylation sites (tertiary alicyclic amines) is 1. The van der Waals surface area contributed by atoms with Crippen molar-refractivity contribution in [2.24, 2.45) is 11.7 Å². The van der Waals surface area contributed by atoms with Gasteiger partial charge in [-0.05, 0) is 50.9 Å². The molecule has 1 aliphatic heterocycles. The fourth-order valence-electron chi connectivity index (χ4n) is 3.06. The van der Waals surface area contributed by atoms with E-state index >= 15 is 0 Å². The molecule has 19 heavy (non-hydrogen) atoms. The molecule has 1 fully saturated rings. The maximum absolute atomic E-state index is 13.7. The SMILES string of the molecule is CN1CC(CN)CC1c1cccc(CC(C)(C)F)c1. The molecular formula is C16H25FN2. The van der Waals surface area contributed by atoms with E-state index in [1.165, 1.54) is 5.56 Å². The highest BCUT2D eigenvalue weighted by molar-refractivity contribution is 5.28. The summed E-state index contributed by atoms with van der Waals surface area (Å²) in [6.45, 7) is 5.07. The fraction of sp³-hybridized carbons (Fsp3) is 0.625. The van der Waals surface area contributed by atoms with Gasteiger partial charge in [-0.25, -0.2) is 4.39 Å². The lowest BCUT2D eigenvalue weighted by Gasteiger charge is -2.21. The Balaban J connectivity index is 2.15. The van der Waals surface area contributed by atoms with Gasteiger partial charge < -0.3 is 5.73 Å². The summed E-state index contributed by atoms with van der Waals surface area (Å²) in [7, 11) is 2.14. The molecule has 1 heterocycles. The van der Waals surface area contributed by atoms with Crippen LogP contribution in [0.1, 0.15) is 37.4 Å². The van der Waals surface area contributed by atoms with Crippen LogP contribution in [0.15, 0.2) is 24.3 Å². The minimum atomic E-state index is -1.15. The van der Waals surface area contributed by atoms with Crippen molar-refractivity contribution < 1.29 is 4.39 Å². The Morgan fingerprint density at radius 1 is 1.42 bits per heavy atom. The van der Waals surface area contributed by atoms with Gasteiger partial charge in [0, 0.05) is 19.0 Å². The summed E-state index contributed by atoms with van der Waals surface area (Å²) >= 11 is 0. The van der Waals surface area contributed by atoms with E-state index in [0.29, 0.717) is 18.4 Å². The third-order valence-corrected chi connectivity index (χ3v) is 3.93. The second-order valence-electron chi connectivity index (χ2n) is 6.43. The van der Waals surface area contributed by atoms with Crippen LogP contribution < -0.4 is 5.73 Å². The minimum absolute atomic E-state index is 0.427. The van der Waals surface area contributed by atoms with E-state index < -0.39 is 5.67 Å². The van der Waals surface area contributed by atoms with Crippen LogP contribution in [-0.4, -0.2) is 30.7 Å². The average Bonchev–Trinajstić information content (AvgIpc) is 2.69. The number of halogens is 1. The molecule has 0 aliphatic carbocycles. The maximum Gasteiger partial charge on any atom is 0.109 e. The molecule has 0 aromatic heterocycles. The van der Waals surface area contributed by atoms with Gasteiger partial charge in [0.15, 0.2) is 0 Å². The zero-order valence-electron chi connectivity index (χ0n) is 12.2. The van der Waals surface area contributed by atoms with E-state index in [4.69, 9.17) is 5.73 Å². The van der Waals surface area contributed by atoms with E-state index in [-0.39, 0.29) is 0 Å². The second-order valence-corrected chi connectivity index (χ2v) is 6.43. The Labute approximate surface area is 115 Å². The molecule has 2 rings (SSSR count). The fourth-order valence-corrected chi connectivity index (χ4v) is 3.06. The zero-order valence-corrected chi connectivity index (χ0v) is 12.2. The Kier molecular flexibility index (Phi) is 4.26. The summed E-state index contributed by atoms with van der Waals surface area (Å²) in [5.74, 6) is 0.580. The van der Waals surface area contributed by atoms with Crippen LogP contribution in [0.4, 0.5) is 4.39 Å². The quantitative estimate of drug-likeness (QED) is 0.906. The maximum atomic E-state index is 13.7. The van der Waals surface area contributed by atoms with Crippen LogP contribution >= 0.6 is 0 Å². The number of nitrogens with two attached hydrogens (primary N) is 1. The summed E-state index contributed by atoms with van der Waals surface area (Å²) in [6.07, 6.45) is 1.58. The topological polar surface area (TPSA) is 29.3 Å². The number of hydrogen-bond donors (Lipinski definition) is 1. The predicted molar refractivity (Wildman–Crippen MR) is 77.9 cm³/mol. The smallest absolute Gasteiger partial charge is 0.109 e. The number of alkyl halides is 1. The zero-order chi connectivity index (χ0) is 14.0. The standard InChI is InChI=1S/C16H25FN2/c1-16(2,17)9-12-5-4-6-14(7-12)15-8-13(10-18)11-19(15)3/h4-7,13,15H,8-11,18H2,1-3H3. The lowest BCUT2D eigenvalue weighted by Crippen LogP contribution is -2.21. The molecule has 0 spiro atoms. The van der Waals surface area contributed by atoms with Gasteiger partial charge in [-0.15, -0.1) is 0 Å². The van der Waals surface area contributed by atoms with E-state index in [0.717, 1.165) is 25.1 Å². The number of rotatable bonds is 4. The van der Waals surface area contributed by atoms with Gasteiger partial charge in [0.2, 0.25) is 0 Å². The third kappa shape index (κ3) is 3.77. The molecule has 1 aromatic carbocycles. The second kappa shape index (κ2) is 5.59. The van der Waals surface area contributed by atoms with Crippen molar-refractivity contribution in [1.29, 1.82) is 0 Å². The van der Waals surface area contributed by atoms with Crippen molar-refractivity contribution in [3.8, 4) is 0 Å². The van der Waals surface area contributed by atoms with Crippen molar-refractivity contribution >= 4 is 0 Å². The molecule has 1 aliphatic rings. The normalized spacial score (nSPS) is 24.9. The Morgan fingerprint density at radius 3 is 2.74 bits per heavy atom. The number of benzene rings is 1. The molecule has 1 saturated heterocycles. The molecule has 0 radical (unpaired) electrons. The van der Waals surface area contributed by atoms with Crippen molar-refractivity contribution in [3.63, 3.8) is 0 Å². The third-order valence-electron chi connectivity index (χ3n) is 3.93. The van der Waals surface area contributed by atoms with Crippen LogP contribution in [0.2, 0.25) is 0 Å². The van der Waals surface area contributed by atoms with E-state index in [9.17, 15) is 4.39 Å². The van der Waals surface area contributed by atoms with Crippen LogP contribution in [0, 0.1) is 5.92 Å². The lowest BCUT2D eigenvalue weighted by atomic mass is 9.94. The van der Waals surface area contributed by atoms with Gasteiger partial charge in [-0.3, -0.25) is 4.90 Å². The summed E-state index contributed by atoms with van der Waals surface area (Å²) in [4.78, 5) is 2.36. The minimum Gasteiger partial charge on any atom is -0.330 e. The monoisotopic (exact) mass is 264 g/mol. The number of hydrogen-bond acceptors (Lipinski definition) is 2. The van der Waals surface area contributed by atoms with Gasteiger partial charge in [0.05, 0.1) is 0 Å². The predicted octanol–water partition coefficient (Wildman–Crippen LogP) is 2.93. The van der Waals surface area contributed by atoms with Gasteiger partial charge >= 0.3 is 0 Å². The molecule has 0 bridgehead atoms. The molecular weight excluding hydrogens is 239 g/mol. The first kappa shape index (κ1) is 14.5. The first-order chi connectivity index (χ1) is 8.89. The van der Waals surface area contributed by atoms with Crippen LogP contribution in [0.5, 0.6) is 0 Å². The molecule has 3 heteroatoms. The van der Waals surface area contributed by atoms with E-state index in [1.807, 2.05) is 12.1 Å². The summed E-state index contributed by atoms with van der Waals surface area (Å²) in [5, 5.41) is 0. The first-order valence-electron chi connectivity index (χ1n) is 7.07. The summed E-state index contributed by atoms with van der Waals surface area (Å²) < 4.78 is 13.7. The average molecular weight is 264 g/mol. The summed E-state index contributed by atoms with van der Waals surface area (Å²) in [6, 6.07) is 8.78. The molecule has 106 valence electrons. The Bertz CT molecular complexity index is 425. The van der Waals surface area contributed by atoms with Gasteiger partial charge in [-0.1, -0.05) is 24.3 Å². The first-order valence-corrected chi connectivity index (χ1v) is 7.07. The van der Waals surface area contributed by atoms with E-state index in [1.54, 1.807) is 13.8 Å². The van der Waals surface area contributed by atoms with Crippen LogP contribution in [0.3, 0.4) is 0 Å². The molecule has 0 saturated carbocycles. The van der Waals surface area contributed by atoms with Crippen molar-refractivity contribution in [1.82, 2.24) is 4.90 Å². The van der Waals surface area contributed by atoms with Crippen LogP contribution in [0.25, 0.3) is 0 Å². The lowest BCUT2D eigenvalue weighted by molar-refractivity contribution is 0.217. The van der Waals surface area contributed by atoms with Gasteiger partial charge in [0.1, 0.15) is 5.67 Å². The highest BCUT2D eigenvalue weighted by Crippen LogP contribution is 2.34. The van der Waals surface area contributed by atoms with Crippen molar-refractivity contribution in [2.75, 3.05) is 20.1 Å². The Morgan fingerprint density at radius 2 is 2.16 bits per heavy atom. The molecule has 1 aromatic rings.